The van der Waals surface area contributed by atoms with Crippen LogP contribution >= 0.6 is 0 Å². The van der Waals surface area contributed by atoms with E-state index in [4.69, 9.17) is 0 Å². The Morgan fingerprint density at radius 1 is 1.04 bits per heavy atom. The zero-order valence-corrected chi connectivity index (χ0v) is 15.6. The van der Waals surface area contributed by atoms with Crippen LogP contribution in [0.3, 0.4) is 0 Å². The molecule has 0 fully saturated rings. The molecular weight excluding hydrogens is 316 g/mol. The second kappa shape index (κ2) is 13.5. The number of aryl methyl sites for hydroxylation is 2. The SMILES string of the molecule is CCCCCCCC[n+]1ccn(C)c1.CCCCOS(=O)(=O)[O-]. The van der Waals surface area contributed by atoms with Crippen LogP contribution in [0.4, 0.5) is 0 Å². The van der Waals surface area contributed by atoms with Crippen LogP contribution < -0.4 is 4.57 Å². The fourth-order valence-electron chi connectivity index (χ4n) is 2.01. The van der Waals surface area contributed by atoms with Gasteiger partial charge in [0.15, 0.2) is 0 Å². The van der Waals surface area contributed by atoms with E-state index in [1.54, 1.807) is 0 Å². The molecule has 1 heterocycles. The van der Waals surface area contributed by atoms with Gasteiger partial charge in [0.25, 0.3) is 0 Å². The summed E-state index contributed by atoms with van der Waals surface area (Å²) in [5.41, 5.74) is 0. The first-order valence-electron chi connectivity index (χ1n) is 8.50. The highest BCUT2D eigenvalue weighted by Crippen LogP contribution is 2.04. The molecule has 6 nitrogen and oxygen atoms in total. The third-order valence-corrected chi connectivity index (χ3v) is 3.77. The second-order valence-corrected chi connectivity index (χ2v) is 6.72. The van der Waals surface area contributed by atoms with E-state index >= 15 is 0 Å². The van der Waals surface area contributed by atoms with Crippen molar-refractivity contribution >= 4 is 10.4 Å². The monoisotopic (exact) mass is 348 g/mol. The summed E-state index contributed by atoms with van der Waals surface area (Å²) in [6.45, 7) is 5.32. The summed E-state index contributed by atoms with van der Waals surface area (Å²) in [5, 5.41) is 0. The molecule has 7 heteroatoms. The quantitative estimate of drug-likeness (QED) is 0.267. The zero-order chi connectivity index (χ0) is 17.6. The summed E-state index contributed by atoms with van der Waals surface area (Å²) in [6.07, 6.45) is 16.1. The van der Waals surface area contributed by atoms with Crippen LogP contribution in [-0.4, -0.2) is 24.1 Å². The van der Waals surface area contributed by atoms with Crippen LogP contribution in [0, 0.1) is 0 Å². The van der Waals surface area contributed by atoms with Gasteiger partial charge in [-0.1, -0.05) is 46.0 Å². The Morgan fingerprint density at radius 3 is 2.17 bits per heavy atom. The van der Waals surface area contributed by atoms with Crippen LogP contribution in [0.2, 0.25) is 0 Å². The Kier molecular flexibility index (Phi) is 13.0. The average Bonchev–Trinajstić information content (AvgIpc) is 2.88. The van der Waals surface area contributed by atoms with Crippen molar-refractivity contribution in [2.24, 2.45) is 7.05 Å². The molecule has 0 radical (unpaired) electrons. The predicted molar refractivity (Wildman–Crippen MR) is 89.5 cm³/mol. The molecule has 0 spiro atoms. The fourth-order valence-corrected chi connectivity index (χ4v) is 2.34. The zero-order valence-electron chi connectivity index (χ0n) is 14.7. The highest BCUT2D eigenvalue weighted by molar-refractivity contribution is 7.80. The molecule has 0 N–H and O–H groups in total. The van der Waals surface area contributed by atoms with Crippen LogP contribution in [-0.2, 0) is 28.2 Å². The lowest BCUT2D eigenvalue weighted by molar-refractivity contribution is -0.696. The van der Waals surface area contributed by atoms with Crippen molar-refractivity contribution in [3.8, 4) is 0 Å². The summed E-state index contributed by atoms with van der Waals surface area (Å²) in [5.74, 6) is 0. The van der Waals surface area contributed by atoms with Gasteiger partial charge in [-0.15, -0.1) is 0 Å². The first-order chi connectivity index (χ1) is 10.9. The molecule has 0 amide bonds. The van der Waals surface area contributed by atoms with E-state index in [2.05, 4.69) is 46.0 Å². The van der Waals surface area contributed by atoms with E-state index < -0.39 is 10.4 Å². The topological polar surface area (TPSA) is 75.2 Å². The van der Waals surface area contributed by atoms with E-state index in [9.17, 15) is 13.0 Å². The maximum absolute atomic E-state index is 9.73. The van der Waals surface area contributed by atoms with Gasteiger partial charge in [-0.3, -0.25) is 4.18 Å². The Labute approximate surface area is 141 Å². The molecule has 0 unspecified atom stereocenters. The van der Waals surface area contributed by atoms with Gasteiger partial charge in [0, 0.05) is 0 Å². The maximum Gasteiger partial charge on any atom is 0.243 e. The summed E-state index contributed by atoms with van der Waals surface area (Å²) in [6, 6.07) is 0. The number of hydrogen-bond donors (Lipinski definition) is 0. The van der Waals surface area contributed by atoms with Gasteiger partial charge in [0.1, 0.15) is 12.4 Å². The highest BCUT2D eigenvalue weighted by Gasteiger charge is 1.98. The Bertz CT molecular complexity index is 486. The largest absolute Gasteiger partial charge is 0.726 e. The number of rotatable bonds is 11. The lowest BCUT2D eigenvalue weighted by Crippen LogP contribution is -2.30. The van der Waals surface area contributed by atoms with Gasteiger partial charge in [-0.05, 0) is 19.3 Å². The number of imidazole rings is 1. The van der Waals surface area contributed by atoms with Gasteiger partial charge >= 0.3 is 0 Å². The van der Waals surface area contributed by atoms with E-state index in [1.165, 1.54) is 45.1 Å². The normalized spacial score (nSPS) is 11.1. The molecule has 0 bridgehead atoms. The second-order valence-electron chi connectivity index (χ2n) is 5.67. The fraction of sp³-hybridized carbons (Fsp3) is 0.812. The molecule has 0 aliphatic rings. The van der Waals surface area contributed by atoms with Crippen molar-refractivity contribution in [3.05, 3.63) is 18.7 Å². The predicted octanol–water partition coefficient (Wildman–Crippen LogP) is 2.94. The Balaban J connectivity index is 0.000000468. The van der Waals surface area contributed by atoms with Crippen molar-refractivity contribution in [2.45, 2.75) is 71.8 Å². The van der Waals surface area contributed by atoms with Gasteiger partial charge in [-0.25, -0.2) is 17.6 Å². The maximum atomic E-state index is 9.73. The first kappa shape index (κ1) is 22.1. The van der Waals surface area contributed by atoms with E-state index in [0.29, 0.717) is 6.42 Å². The summed E-state index contributed by atoms with van der Waals surface area (Å²) in [4.78, 5) is 0. The molecule has 0 atom stereocenters. The minimum Gasteiger partial charge on any atom is -0.726 e. The molecule has 136 valence electrons. The minimum atomic E-state index is -4.45. The van der Waals surface area contributed by atoms with Crippen molar-refractivity contribution in [3.63, 3.8) is 0 Å². The number of nitrogens with zero attached hydrogens (tertiary/aromatic N) is 2. The highest BCUT2D eigenvalue weighted by atomic mass is 32.3. The Morgan fingerprint density at radius 2 is 1.65 bits per heavy atom. The van der Waals surface area contributed by atoms with Crippen LogP contribution in [0.25, 0.3) is 0 Å². The molecular formula is C16H32N2O4S. The first-order valence-corrected chi connectivity index (χ1v) is 9.83. The van der Waals surface area contributed by atoms with Crippen molar-refractivity contribution in [2.75, 3.05) is 6.61 Å². The molecule has 0 aromatic carbocycles. The standard InChI is InChI=1S/C12H23N2.C4H10O4S/c1-3-4-5-6-7-8-9-14-11-10-13(2)12-14;1-2-3-4-8-9(5,6)7/h10-12H,3-9H2,1-2H3;2-4H2,1H3,(H,5,6,7)/q+1;/p-1. The number of unbranched alkanes of at least 4 members (excludes halogenated alkanes) is 6. The van der Waals surface area contributed by atoms with E-state index in [-0.39, 0.29) is 6.61 Å². The average molecular weight is 349 g/mol. The van der Waals surface area contributed by atoms with Gasteiger partial charge in [-0.2, -0.15) is 0 Å². The minimum absolute atomic E-state index is 0.00231. The van der Waals surface area contributed by atoms with E-state index in [1.807, 2.05) is 6.92 Å². The summed E-state index contributed by atoms with van der Waals surface area (Å²) in [7, 11) is -2.38. The van der Waals surface area contributed by atoms with Gasteiger partial charge in [0.2, 0.25) is 16.7 Å². The molecule has 1 rings (SSSR count). The molecule has 0 aliphatic heterocycles. The molecule has 1 aromatic rings. The van der Waals surface area contributed by atoms with Crippen molar-refractivity contribution in [1.29, 1.82) is 0 Å². The molecule has 23 heavy (non-hydrogen) atoms. The van der Waals surface area contributed by atoms with Crippen molar-refractivity contribution < 1.29 is 21.7 Å². The number of aromatic nitrogens is 2. The summed E-state index contributed by atoms with van der Waals surface area (Å²) < 4.78 is 37.4. The van der Waals surface area contributed by atoms with Gasteiger partial charge < -0.3 is 4.55 Å². The smallest absolute Gasteiger partial charge is 0.243 e. The van der Waals surface area contributed by atoms with Crippen molar-refractivity contribution in [1.82, 2.24) is 4.57 Å². The molecule has 0 saturated carbocycles. The lowest BCUT2D eigenvalue weighted by Gasteiger charge is -2.05. The lowest BCUT2D eigenvalue weighted by atomic mass is 10.1. The van der Waals surface area contributed by atoms with Gasteiger partial charge in [0.05, 0.1) is 20.2 Å². The molecule has 0 aliphatic carbocycles. The van der Waals surface area contributed by atoms with Crippen LogP contribution in [0.5, 0.6) is 0 Å². The van der Waals surface area contributed by atoms with Crippen LogP contribution in [0.15, 0.2) is 18.7 Å². The van der Waals surface area contributed by atoms with E-state index in [0.717, 1.165) is 6.42 Å². The summed E-state index contributed by atoms with van der Waals surface area (Å²) >= 11 is 0. The number of hydrogen-bond acceptors (Lipinski definition) is 4. The third-order valence-electron chi connectivity index (χ3n) is 3.32. The molecule has 0 saturated heterocycles. The Hall–Kier alpha value is -0.920. The molecule has 1 aromatic heterocycles. The third kappa shape index (κ3) is 15.7. The van der Waals surface area contributed by atoms with Crippen LogP contribution in [0.1, 0.15) is 65.2 Å².